The molecule has 0 aliphatic rings. The maximum Gasteiger partial charge on any atom is 0.317 e. The van der Waals surface area contributed by atoms with Gasteiger partial charge in [0, 0.05) is 11.5 Å². The van der Waals surface area contributed by atoms with Gasteiger partial charge in [0.15, 0.2) is 17.6 Å². The maximum atomic E-state index is 12.8. The van der Waals surface area contributed by atoms with Crippen molar-refractivity contribution in [3.05, 3.63) is 0 Å². The van der Waals surface area contributed by atoms with E-state index in [1.165, 1.54) is 20.8 Å². The van der Waals surface area contributed by atoms with Crippen LogP contribution in [0.5, 0.6) is 0 Å². The molecule has 2 atom stereocenters. The van der Waals surface area contributed by atoms with Crippen molar-refractivity contribution < 1.29 is 49.2 Å². The molecule has 0 heterocycles. The van der Waals surface area contributed by atoms with Crippen LogP contribution in [0.1, 0.15) is 47.5 Å². The molecule has 0 bridgehead atoms. The molecule has 0 radical (unpaired) electrons. The van der Waals surface area contributed by atoms with E-state index in [9.17, 15) is 28.8 Å². The number of carbonyl (C=O) groups is 6. The normalized spacial score (nSPS) is 13.7. The second kappa shape index (κ2) is 11.4. The summed E-state index contributed by atoms with van der Waals surface area (Å²) in [7, 11) is 0. The van der Waals surface area contributed by atoms with Gasteiger partial charge in [-0.1, -0.05) is 34.6 Å². The molecule has 0 saturated carbocycles. The minimum absolute atomic E-state index is 0.374. The van der Waals surface area contributed by atoms with Crippen LogP contribution in [-0.2, 0) is 28.8 Å². The second-order valence-corrected chi connectivity index (χ2v) is 8.48. The lowest BCUT2D eigenvalue weighted by Crippen LogP contribution is -2.55. The first-order valence-corrected chi connectivity index (χ1v) is 9.50. The monoisotopic (exact) mass is 446 g/mol. The minimum Gasteiger partial charge on any atom is -0.481 e. The zero-order valence-electron chi connectivity index (χ0n) is 18.0. The van der Waals surface area contributed by atoms with Crippen molar-refractivity contribution in [1.82, 2.24) is 10.6 Å². The fourth-order valence-corrected chi connectivity index (χ4v) is 2.77. The van der Waals surface area contributed by atoms with Gasteiger partial charge in [0.25, 0.3) is 0 Å². The lowest BCUT2D eigenvalue weighted by Gasteiger charge is -2.29. The molecule has 31 heavy (non-hydrogen) atoms. The fourth-order valence-electron chi connectivity index (χ4n) is 2.77. The highest BCUT2D eigenvalue weighted by Crippen LogP contribution is 2.21. The molecule has 0 unspecified atom stereocenters. The van der Waals surface area contributed by atoms with Crippen LogP contribution >= 0.6 is 0 Å². The molecule has 0 aromatic rings. The molecule has 0 aromatic carbocycles. The second-order valence-electron chi connectivity index (χ2n) is 8.48. The summed E-state index contributed by atoms with van der Waals surface area (Å²) in [5, 5.41) is 41.5. The molecule has 0 rings (SSSR count). The van der Waals surface area contributed by atoms with E-state index in [2.05, 4.69) is 10.6 Å². The number of hydrogen-bond donors (Lipinski definition) is 6. The van der Waals surface area contributed by atoms with E-state index in [-0.39, 0.29) is 6.04 Å². The Hall–Kier alpha value is -3.02. The number of aliphatic carboxylic acids is 4. The van der Waals surface area contributed by atoms with Gasteiger partial charge < -0.3 is 31.1 Å². The number of hydrogen-bond acceptors (Lipinski definition) is 7. The molecule has 12 nitrogen and oxygen atoms in total. The Kier molecular flexibility index (Phi) is 10.3. The van der Waals surface area contributed by atoms with Gasteiger partial charge in [-0.05, 0) is 12.8 Å². The first-order chi connectivity index (χ1) is 14.0. The summed E-state index contributed by atoms with van der Waals surface area (Å²) in [6, 6.07) is -3.23. The van der Waals surface area contributed by atoms with Gasteiger partial charge in [-0.2, -0.15) is 0 Å². The number of carbonyl (C=O) groups excluding carboxylic acids is 2. The van der Waals surface area contributed by atoms with Gasteiger partial charge in [0.2, 0.25) is 5.91 Å². The maximum absolute atomic E-state index is 12.8. The van der Waals surface area contributed by atoms with Gasteiger partial charge in [-0.15, -0.1) is 0 Å². The standard InChI is InChI=1S/C19H30N2O10/c1-8(2)20-12(7-10(17(28)29)18(30)31)14(23)21-11(13(22)19(3,4)5)6-9(15(24)25)16(26)27/h8-12,20H,6-7H2,1-5H3,(H,21,23)(H,24,25)(H,26,27)(H,28,29)(H,30,31)/t11-,12-/m0/s1. The van der Waals surface area contributed by atoms with E-state index < -0.39 is 77.7 Å². The van der Waals surface area contributed by atoms with Crippen molar-refractivity contribution in [1.29, 1.82) is 0 Å². The van der Waals surface area contributed by atoms with Crippen LogP contribution in [0.25, 0.3) is 0 Å². The van der Waals surface area contributed by atoms with Crippen molar-refractivity contribution in [2.75, 3.05) is 0 Å². The molecular weight excluding hydrogens is 416 g/mol. The lowest BCUT2D eigenvalue weighted by atomic mass is 9.83. The van der Waals surface area contributed by atoms with Crippen molar-refractivity contribution >= 4 is 35.6 Å². The highest BCUT2D eigenvalue weighted by molar-refractivity contribution is 5.98. The summed E-state index contributed by atoms with van der Waals surface area (Å²) in [6.45, 7) is 7.75. The molecule has 0 fully saturated rings. The Labute approximate surface area is 179 Å². The van der Waals surface area contributed by atoms with Gasteiger partial charge in [0.1, 0.15) is 0 Å². The first kappa shape index (κ1) is 28.0. The van der Waals surface area contributed by atoms with Crippen molar-refractivity contribution in [2.45, 2.75) is 65.6 Å². The minimum atomic E-state index is -1.97. The molecule has 176 valence electrons. The van der Waals surface area contributed by atoms with Crippen LogP contribution in [0.15, 0.2) is 0 Å². The third kappa shape index (κ3) is 9.11. The number of ketones is 1. The summed E-state index contributed by atoms with van der Waals surface area (Å²) in [5.41, 5.74) is -1.06. The third-order valence-electron chi connectivity index (χ3n) is 4.36. The molecule has 0 aliphatic heterocycles. The van der Waals surface area contributed by atoms with Crippen LogP contribution in [0.3, 0.4) is 0 Å². The quantitative estimate of drug-likeness (QED) is 0.204. The van der Waals surface area contributed by atoms with Crippen molar-refractivity contribution in [2.24, 2.45) is 17.3 Å². The van der Waals surface area contributed by atoms with E-state index in [1.54, 1.807) is 13.8 Å². The predicted molar refractivity (Wildman–Crippen MR) is 105 cm³/mol. The predicted octanol–water partition coefficient (Wildman–Crippen LogP) is -0.196. The molecule has 1 amide bonds. The Morgan fingerprint density at radius 3 is 1.35 bits per heavy atom. The van der Waals surface area contributed by atoms with Gasteiger partial charge in [-0.25, -0.2) is 0 Å². The summed E-state index contributed by atoms with van der Waals surface area (Å²) in [6.07, 6.45) is -1.38. The Balaban J connectivity index is 5.91. The molecule has 0 spiro atoms. The van der Waals surface area contributed by atoms with Crippen LogP contribution in [0, 0.1) is 17.3 Å². The van der Waals surface area contributed by atoms with E-state index >= 15 is 0 Å². The summed E-state index contributed by atoms with van der Waals surface area (Å²) < 4.78 is 0. The van der Waals surface area contributed by atoms with Crippen LogP contribution in [-0.4, -0.2) is 74.1 Å². The van der Waals surface area contributed by atoms with Crippen molar-refractivity contribution in [3.8, 4) is 0 Å². The summed E-state index contributed by atoms with van der Waals surface area (Å²) >= 11 is 0. The Bertz CT molecular complexity index is 698. The average Bonchev–Trinajstić information content (AvgIpc) is 2.58. The highest BCUT2D eigenvalue weighted by atomic mass is 16.4. The molecule has 0 aromatic heterocycles. The molecular formula is C19H30N2O10. The number of nitrogens with one attached hydrogen (secondary N) is 2. The van der Waals surface area contributed by atoms with E-state index in [0.29, 0.717) is 0 Å². The van der Waals surface area contributed by atoms with Gasteiger partial charge in [-0.3, -0.25) is 28.8 Å². The zero-order valence-corrected chi connectivity index (χ0v) is 18.0. The average molecular weight is 446 g/mol. The van der Waals surface area contributed by atoms with E-state index in [4.69, 9.17) is 20.4 Å². The lowest BCUT2D eigenvalue weighted by molar-refractivity contribution is -0.158. The SMILES string of the molecule is CC(C)N[C@@H](CC(C(=O)O)C(=O)O)C(=O)N[C@@H](CC(C(=O)O)C(=O)O)C(=O)C(C)(C)C. The third-order valence-corrected chi connectivity index (χ3v) is 4.36. The summed E-state index contributed by atoms with van der Waals surface area (Å²) in [5.74, 6) is -12.2. The largest absolute Gasteiger partial charge is 0.481 e. The van der Waals surface area contributed by atoms with Crippen LogP contribution in [0.2, 0.25) is 0 Å². The first-order valence-electron chi connectivity index (χ1n) is 9.50. The summed E-state index contributed by atoms with van der Waals surface area (Å²) in [4.78, 5) is 70.5. The fraction of sp³-hybridized carbons (Fsp3) is 0.684. The van der Waals surface area contributed by atoms with E-state index in [0.717, 1.165) is 0 Å². The number of carboxylic acids is 4. The zero-order chi connectivity index (χ0) is 24.7. The number of rotatable bonds is 13. The number of Topliss-reactive ketones (excluding diaryl/α,β-unsaturated/α-hetero) is 1. The molecule has 6 N–H and O–H groups in total. The highest BCUT2D eigenvalue weighted by Gasteiger charge is 2.39. The van der Waals surface area contributed by atoms with Crippen LogP contribution in [0.4, 0.5) is 0 Å². The Morgan fingerprint density at radius 1 is 0.710 bits per heavy atom. The van der Waals surface area contributed by atoms with Gasteiger partial charge in [0.05, 0.1) is 12.1 Å². The number of amides is 1. The topological polar surface area (TPSA) is 207 Å². The van der Waals surface area contributed by atoms with Crippen molar-refractivity contribution in [3.63, 3.8) is 0 Å². The Morgan fingerprint density at radius 2 is 1.06 bits per heavy atom. The molecule has 0 aliphatic carbocycles. The van der Waals surface area contributed by atoms with Crippen LogP contribution < -0.4 is 10.6 Å². The molecule has 0 saturated heterocycles. The molecule has 12 heteroatoms. The number of carboxylic acid groups (broad SMARTS) is 4. The van der Waals surface area contributed by atoms with E-state index in [1.807, 2.05) is 0 Å². The van der Waals surface area contributed by atoms with Gasteiger partial charge >= 0.3 is 23.9 Å². The smallest absolute Gasteiger partial charge is 0.317 e.